The lowest BCUT2D eigenvalue weighted by atomic mass is 9.98. The van der Waals surface area contributed by atoms with Crippen molar-refractivity contribution in [2.45, 2.75) is 0 Å². The number of benzene rings is 2. The molecule has 2 aromatic rings. The zero-order chi connectivity index (χ0) is 15.4. The fraction of sp³-hybridized carbons (Fsp3) is 0.118. The molecule has 0 fully saturated rings. The topological polar surface area (TPSA) is 22.8 Å². The Balaban J connectivity index is 2.50. The average molecular weight is 300 g/mol. The van der Waals surface area contributed by atoms with Gasteiger partial charge in [-0.2, -0.15) is 0 Å². The molecule has 0 amide bonds. The van der Waals surface area contributed by atoms with E-state index in [2.05, 4.69) is 11.4 Å². The first-order valence-electron chi connectivity index (χ1n) is 6.19. The highest BCUT2D eigenvalue weighted by molar-refractivity contribution is 6.31. The Labute approximate surface area is 129 Å². The smallest absolute Gasteiger partial charge is 0.195 e. The van der Waals surface area contributed by atoms with E-state index in [1.54, 1.807) is 38.5 Å². The van der Waals surface area contributed by atoms with Crippen LogP contribution in [0.1, 0.15) is 11.1 Å². The largest absolute Gasteiger partial charge is 0.493 e. The summed E-state index contributed by atoms with van der Waals surface area (Å²) in [6.07, 6.45) is 0. The standard InChI is InChI=1S/C17H14ClNO2/c1-11(14-10-13(18)6-7-15(14)19-2)12-5-8-16(20-3)17(9-12)21-4/h5-10H,1H2,3-4H3. The van der Waals surface area contributed by atoms with Crippen molar-refractivity contribution >= 4 is 22.9 Å². The predicted octanol–water partition coefficient (Wildman–Crippen LogP) is 4.97. The fourth-order valence-electron chi connectivity index (χ4n) is 2.03. The van der Waals surface area contributed by atoms with Gasteiger partial charge in [0.1, 0.15) is 0 Å². The van der Waals surface area contributed by atoms with Crippen LogP contribution >= 0.6 is 11.6 Å². The molecule has 2 aromatic carbocycles. The van der Waals surface area contributed by atoms with Crippen LogP contribution in [0, 0.1) is 6.57 Å². The third kappa shape index (κ3) is 3.01. The first kappa shape index (κ1) is 15.0. The Morgan fingerprint density at radius 3 is 2.43 bits per heavy atom. The van der Waals surface area contributed by atoms with Gasteiger partial charge in [0, 0.05) is 5.02 Å². The second-order valence-corrected chi connectivity index (χ2v) is 4.76. The Kier molecular flexibility index (Phi) is 4.52. The van der Waals surface area contributed by atoms with Gasteiger partial charge in [-0.3, -0.25) is 0 Å². The zero-order valence-electron chi connectivity index (χ0n) is 11.8. The van der Waals surface area contributed by atoms with Crippen LogP contribution in [0.4, 0.5) is 5.69 Å². The summed E-state index contributed by atoms with van der Waals surface area (Å²) in [7, 11) is 3.16. The van der Waals surface area contributed by atoms with Crippen molar-refractivity contribution in [3.8, 4) is 11.5 Å². The highest BCUT2D eigenvalue weighted by Gasteiger charge is 2.12. The van der Waals surface area contributed by atoms with Crippen LogP contribution in [0.2, 0.25) is 5.02 Å². The van der Waals surface area contributed by atoms with Gasteiger partial charge in [-0.05, 0) is 34.9 Å². The van der Waals surface area contributed by atoms with E-state index in [1.165, 1.54) is 0 Å². The molecule has 0 unspecified atom stereocenters. The Morgan fingerprint density at radius 2 is 1.81 bits per heavy atom. The van der Waals surface area contributed by atoms with Crippen molar-refractivity contribution in [1.82, 2.24) is 0 Å². The van der Waals surface area contributed by atoms with Gasteiger partial charge in [0.15, 0.2) is 17.2 Å². The van der Waals surface area contributed by atoms with E-state index in [9.17, 15) is 0 Å². The van der Waals surface area contributed by atoms with E-state index >= 15 is 0 Å². The lowest BCUT2D eigenvalue weighted by molar-refractivity contribution is 0.355. The molecular weight excluding hydrogens is 286 g/mol. The number of hydrogen-bond acceptors (Lipinski definition) is 2. The fourth-order valence-corrected chi connectivity index (χ4v) is 2.20. The first-order valence-corrected chi connectivity index (χ1v) is 6.57. The molecule has 0 saturated heterocycles. The van der Waals surface area contributed by atoms with E-state index in [4.69, 9.17) is 27.6 Å². The first-order chi connectivity index (χ1) is 10.1. The van der Waals surface area contributed by atoms with Crippen LogP contribution in [0.15, 0.2) is 43.0 Å². The summed E-state index contributed by atoms with van der Waals surface area (Å²) < 4.78 is 10.5. The minimum absolute atomic E-state index is 0.513. The molecule has 0 radical (unpaired) electrons. The summed E-state index contributed by atoms with van der Waals surface area (Å²) in [6, 6.07) is 10.6. The molecule has 21 heavy (non-hydrogen) atoms. The second-order valence-electron chi connectivity index (χ2n) is 4.32. The summed E-state index contributed by atoms with van der Waals surface area (Å²) in [5, 5.41) is 0.569. The van der Waals surface area contributed by atoms with Crippen LogP contribution in [0.3, 0.4) is 0 Å². The number of halogens is 1. The average Bonchev–Trinajstić information content (AvgIpc) is 2.53. The normalized spacial score (nSPS) is 9.81. The molecule has 0 aliphatic carbocycles. The Hall–Kier alpha value is -2.44. The molecule has 0 bridgehead atoms. The summed E-state index contributed by atoms with van der Waals surface area (Å²) >= 11 is 6.02. The van der Waals surface area contributed by atoms with Crippen molar-refractivity contribution in [1.29, 1.82) is 0 Å². The van der Waals surface area contributed by atoms with Crippen LogP contribution in [-0.4, -0.2) is 14.2 Å². The molecule has 0 heterocycles. The van der Waals surface area contributed by atoms with Gasteiger partial charge in [-0.25, -0.2) is 4.85 Å². The lowest BCUT2D eigenvalue weighted by Crippen LogP contribution is -1.93. The van der Waals surface area contributed by atoms with Crippen molar-refractivity contribution in [3.63, 3.8) is 0 Å². The van der Waals surface area contributed by atoms with Crippen molar-refractivity contribution in [2.24, 2.45) is 0 Å². The third-order valence-electron chi connectivity index (χ3n) is 3.14. The molecule has 4 heteroatoms. The molecule has 0 spiro atoms. The van der Waals surface area contributed by atoms with Crippen molar-refractivity contribution in [3.05, 3.63) is 70.5 Å². The maximum absolute atomic E-state index is 7.25. The van der Waals surface area contributed by atoms with Crippen molar-refractivity contribution < 1.29 is 9.47 Å². The van der Waals surface area contributed by atoms with Crippen LogP contribution < -0.4 is 9.47 Å². The summed E-state index contributed by atoms with van der Waals surface area (Å²) in [6.45, 7) is 11.3. The van der Waals surface area contributed by atoms with Gasteiger partial charge < -0.3 is 9.47 Å². The highest BCUT2D eigenvalue weighted by atomic mass is 35.5. The van der Waals surface area contributed by atoms with Crippen LogP contribution in [-0.2, 0) is 0 Å². The Morgan fingerprint density at radius 1 is 1.10 bits per heavy atom. The minimum Gasteiger partial charge on any atom is -0.493 e. The van der Waals surface area contributed by atoms with Gasteiger partial charge in [0.2, 0.25) is 0 Å². The van der Waals surface area contributed by atoms with Gasteiger partial charge in [0.05, 0.1) is 20.8 Å². The molecule has 0 aliphatic rings. The highest BCUT2D eigenvalue weighted by Crippen LogP contribution is 2.36. The van der Waals surface area contributed by atoms with Crippen molar-refractivity contribution in [2.75, 3.05) is 14.2 Å². The second kappa shape index (κ2) is 6.34. The number of ether oxygens (including phenoxy) is 2. The van der Waals surface area contributed by atoms with Gasteiger partial charge >= 0.3 is 0 Å². The number of hydrogen-bond donors (Lipinski definition) is 0. The molecule has 106 valence electrons. The number of nitrogens with zero attached hydrogens (tertiary/aromatic N) is 1. The van der Waals surface area contributed by atoms with E-state index in [-0.39, 0.29) is 0 Å². The van der Waals surface area contributed by atoms with Crippen LogP contribution in [0.25, 0.3) is 10.4 Å². The molecule has 0 atom stereocenters. The quantitative estimate of drug-likeness (QED) is 0.744. The van der Waals surface area contributed by atoms with Gasteiger partial charge in [-0.15, -0.1) is 0 Å². The predicted molar refractivity (Wildman–Crippen MR) is 85.4 cm³/mol. The van der Waals surface area contributed by atoms with E-state index in [1.807, 2.05) is 12.1 Å². The van der Waals surface area contributed by atoms with Gasteiger partial charge in [-0.1, -0.05) is 36.4 Å². The third-order valence-corrected chi connectivity index (χ3v) is 3.37. The molecule has 0 aliphatic heterocycles. The van der Waals surface area contributed by atoms with E-state index in [0.717, 1.165) is 5.56 Å². The molecular formula is C17H14ClNO2. The number of methoxy groups -OCH3 is 2. The summed E-state index contributed by atoms with van der Waals surface area (Å²) in [5.74, 6) is 1.26. The van der Waals surface area contributed by atoms with E-state index in [0.29, 0.717) is 33.3 Å². The Bertz CT molecular complexity index is 732. The van der Waals surface area contributed by atoms with Crippen LogP contribution in [0.5, 0.6) is 11.5 Å². The maximum atomic E-state index is 7.25. The monoisotopic (exact) mass is 299 g/mol. The van der Waals surface area contributed by atoms with Gasteiger partial charge in [0.25, 0.3) is 0 Å². The van der Waals surface area contributed by atoms with E-state index < -0.39 is 0 Å². The SMILES string of the molecule is [C-]#[N+]c1ccc(Cl)cc1C(=C)c1ccc(OC)c(OC)c1. The maximum Gasteiger partial charge on any atom is 0.195 e. The molecule has 0 saturated carbocycles. The summed E-state index contributed by atoms with van der Waals surface area (Å²) in [5.41, 5.74) is 2.79. The molecule has 0 aromatic heterocycles. The lowest BCUT2D eigenvalue weighted by Gasteiger charge is -2.13. The molecule has 0 N–H and O–H groups in total. The molecule has 2 rings (SSSR count). The zero-order valence-corrected chi connectivity index (χ0v) is 12.6. The minimum atomic E-state index is 0.513. The number of rotatable bonds is 4. The molecule has 3 nitrogen and oxygen atoms in total. The summed E-state index contributed by atoms with van der Waals surface area (Å²) in [4.78, 5) is 3.51.